The predicted molar refractivity (Wildman–Crippen MR) is 71.7 cm³/mol. The average Bonchev–Trinajstić information content (AvgIpc) is 2.38. The Bertz CT molecular complexity index is 422. The van der Waals surface area contributed by atoms with Gasteiger partial charge in [0.2, 0.25) is 0 Å². The van der Waals surface area contributed by atoms with Gasteiger partial charge in [0.05, 0.1) is 5.92 Å². The van der Waals surface area contributed by atoms with Crippen LogP contribution in [0.15, 0.2) is 24.3 Å². The standard InChI is InChI=1S/C14H18ClNO2/c15-13-7-2-1-4-11(13)9-16-12-6-3-5-10(8-12)14(17)18/h1-2,4,7,10,12,16H,3,5-6,8-9H2,(H,17,18). The van der Waals surface area contributed by atoms with Gasteiger partial charge in [-0.05, 0) is 30.9 Å². The highest BCUT2D eigenvalue weighted by atomic mass is 35.5. The normalized spacial score (nSPS) is 23.8. The summed E-state index contributed by atoms with van der Waals surface area (Å²) in [4.78, 5) is 11.0. The molecule has 2 N–H and O–H groups in total. The number of rotatable bonds is 4. The molecule has 0 heterocycles. The summed E-state index contributed by atoms with van der Waals surface area (Å²) in [5.74, 6) is -0.860. The van der Waals surface area contributed by atoms with Crippen molar-refractivity contribution in [2.45, 2.75) is 38.3 Å². The molecule has 0 bridgehead atoms. The smallest absolute Gasteiger partial charge is 0.306 e. The van der Waals surface area contributed by atoms with E-state index in [9.17, 15) is 4.79 Å². The van der Waals surface area contributed by atoms with Crippen molar-refractivity contribution in [3.63, 3.8) is 0 Å². The fourth-order valence-corrected chi connectivity index (χ4v) is 2.70. The van der Waals surface area contributed by atoms with Crippen LogP contribution in [0.3, 0.4) is 0 Å². The number of hydrogen-bond donors (Lipinski definition) is 2. The van der Waals surface area contributed by atoms with Crippen molar-refractivity contribution in [3.8, 4) is 0 Å². The number of carboxylic acid groups (broad SMARTS) is 1. The lowest BCUT2D eigenvalue weighted by molar-refractivity contribution is -0.143. The van der Waals surface area contributed by atoms with Crippen LogP contribution in [0.4, 0.5) is 0 Å². The molecule has 2 unspecified atom stereocenters. The van der Waals surface area contributed by atoms with Crippen LogP contribution in [0, 0.1) is 5.92 Å². The Labute approximate surface area is 112 Å². The van der Waals surface area contributed by atoms with E-state index in [0.717, 1.165) is 36.3 Å². The third kappa shape index (κ3) is 3.47. The zero-order chi connectivity index (χ0) is 13.0. The van der Waals surface area contributed by atoms with E-state index >= 15 is 0 Å². The van der Waals surface area contributed by atoms with Crippen LogP contribution in [0.5, 0.6) is 0 Å². The van der Waals surface area contributed by atoms with Crippen LogP contribution in [0.2, 0.25) is 5.02 Å². The van der Waals surface area contributed by atoms with Gasteiger partial charge in [-0.1, -0.05) is 36.2 Å². The molecule has 2 rings (SSSR count). The Kier molecular flexibility index (Phi) is 4.61. The van der Waals surface area contributed by atoms with Gasteiger partial charge >= 0.3 is 5.97 Å². The van der Waals surface area contributed by atoms with Crippen LogP contribution >= 0.6 is 11.6 Å². The van der Waals surface area contributed by atoms with E-state index in [0.29, 0.717) is 6.54 Å². The molecule has 0 spiro atoms. The van der Waals surface area contributed by atoms with E-state index in [1.165, 1.54) is 0 Å². The van der Waals surface area contributed by atoms with E-state index in [1.54, 1.807) is 0 Å². The van der Waals surface area contributed by atoms with Crippen molar-refractivity contribution in [2.75, 3.05) is 0 Å². The first-order chi connectivity index (χ1) is 8.66. The molecule has 1 aliphatic carbocycles. The molecule has 0 aromatic heterocycles. The zero-order valence-electron chi connectivity index (χ0n) is 10.2. The lowest BCUT2D eigenvalue weighted by Gasteiger charge is -2.27. The maximum atomic E-state index is 11.0. The topological polar surface area (TPSA) is 49.3 Å². The minimum Gasteiger partial charge on any atom is -0.481 e. The van der Waals surface area contributed by atoms with Crippen molar-refractivity contribution in [2.24, 2.45) is 5.92 Å². The molecule has 1 aromatic rings. The van der Waals surface area contributed by atoms with Gasteiger partial charge in [0.25, 0.3) is 0 Å². The molecule has 0 radical (unpaired) electrons. The molecule has 1 aromatic carbocycles. The molecule has 18 heavy (non-hydrogen) atoms. The van der Waals surface area contributed by atoms with Gasteiger partial charge in [0.1, 0.15) is 0 Å². The lowest BCUT2D eigenvalue weighted by atomic mass is 9.86. The van der Waals surface area contributed by atoms with E-state index in [4.69, 9.17) is 16.7 Å². The third-order valence-electron chi connectivity index (χ3n) is 3.56. The first-order valence-electron chi connectivity index (χ1n) is 6.36. The number of benzene rings is 1. The maximum absolute atomic E-state index is 11.0. The van der Waals surface area contributed by atoms with Gasteiger partial charge < -0.3 is 10.4 Å². The van der Waals surface area contributed by atoms with Gasteiger partial charge in [0, 0.05) is 17.6 Å². The second kappa shape index (κ2) is 6.21. The Morgan fingerprint density at radius 1 is 1.39 bits per heavy atom. The molecule has 0 aliphatic heterocycles. The van der Waals surface area contributed by atoms with Crippen LogP contribution in [0.1, 0.15) is 31.2 Å². The van der Waals surface area contributed by atoms with Crippen molar-refractivity contribution < 1.29 is 9.90 Å². The Morgan fingerprint density at radius 3 is 2.89 bits per heavy atom. The summed E-state index contributed by atoms with van der Waals surface area (Å²) in [6.07, 6.45) is 3.56. The molecule has 0 saturated heterocycles. The summed E-state index contributed by atoms with van der Waals surface area (Å²) in [7, 11) is 0. The summed E-state index contributed by atoms with van der Waals surface area (Å²) < 4.78 is 0. The summed E-state index contributed by atoms with van der Waals surface area (Å²) in [5, 5.41) is 13.2. The fourth-order valence-electron chi connectivity index (χ4n) is 2.50. The van der Waals surface area contributed by atoms with Gasteiger partial charge in [-0.25, -0.2) is 0 Å². The SMILES string of the molecule is O=C(O)C1CCCC(NCc2ccccc2Cl)C1. The lowest BCUT2D eigenvalue weighted by Crippen LogP contribution is -2.36. The van der Waals surface area contributed by atoms with Crippen molar-refractivity contribution in [1.82, 2.24) is 5.32 Å². The van der Waals surface area contributed by atoms with Gasteiger partial charge in [-0.2, -0.15) is 0 Å². The number of carbonyl (C=O) groups is 1. The highest BCUT2D eigenvalue weighted by Crippen LogP contribution is 2.25. The Morgan fingerprint density at radius 2 is 2.17 bits per heavy atom. The zero-order valence-corrected chi connectivity index (χ0v) is 11.0. The Balaban J connectivity index is 1.87. The van der Waals surface area contributed by atoms with E-state index < -0.39 is 5.97 Å². The van der Waals surface area contributed by atoms with Crippen LogP contribution in [0.25, 0.3) is 0 Å². The van der Waals surface area contributed by atoms with E-state index in [2.05, 4.69) is 5.32 Å². The number of carboxylic acids is 1. The number of aliphatic carboxylic acids is 1. The second-order valence-electron chi connectivity index (χ2n) is 4.87. The molecular formula is C14H18ClNO2. The highest BCUT2D eigenvalue weighted by molar-refractivity contribution is 6.31. The van der Waals surface area contributed by atoms with Gasteiger partial charge in [0.15, 0.2) is 0 Å². The first-order valence-corrected chi connectivity index (χ1v) is 6.74. The molecule has 1 aliphatic rings. The highest BCUT2D eigenvalue weighted by Gasteiger charge is 2.26. The predicted octanol–water partition coefficient (Wildman–Crippen LogP) is 3.07. The largest absolute Gasteiger partial charge is 0.481 e. The second-order valence-corrected chi connectivity index (χ2v) is 5.28. The Hall–Kier alpha value is -1.06. The minimum atomic E-state index is -0.667. The number of nitrogens with one attached hydrogen (secondary N) is 1. The van der Waals surface area contributed by atoms with Gasteiger partial charge in [-0.15, -0.1) is 0 Å². The van der Waals surface area contributed by atoms with Crippen LogP contribution in [-0.4, -0.2) is 17.1 Å². The molecular weight excluding hydrogens is 250 g/mol. The summed E-state index contributed by atoms with van der Waals surface area (Å²) in [6, 6.07) is 8.03. The molecule has 1 fully saturated rings. The molecule has 2 atom stereocenters. The molecule has 4 heteroatoms. The molecule has 98 valence electrons. The quantitative estimate of drug-likeness (QED) is 0.881. The summed E-state index contributed by atoms with van der Waals surface area (Å²) in [6.45, 7) is 0.705. The van der Waals surface area contributed by atoms with E-state index in [-0.39, 0.29) is 12.0 Å². The average molecular weight is 268 g/mol. The maximum Gasteiger partial charge on any atom is 0.306 e. The molecule has 1 saturated carbocycles. The molecule has 0 amide bonds. The van der Waals surface area contributed by atoms with Crippen LogP contribution in [-0.2, 0) is 11.3 Å². The molecule has 3 nitrogen and oxygen atoms in total. The first kappa shape index (κ1) is 13.4. The number of hydrogen-bond acceptors (Lipinski definition) is 2. The number of halogens is 1. The van der Waals surface area contributed by atoms with Crippen molar-refractivity contribution in [1.29, 1.82) is 0 Å². The van der Waals surface area contributed by atoms with Crippen molar-refractivity contribution >= 4 is 17.6 Å². The third-order valence-corrected chi connectivity index (χ3v) is 3.93. The van der Waals surface area contributed by atoms with Crippen LogP contribution < -0.4 is 5.32 Å². The summed E-state index contributed by atoms with van der Waals surface area (Å²) >= 11 is 6.09. The fraction of sp³-hybridized carbons (Fsp3) is 0.500. The van der Waals surface area contributed by atoms with Crippen molar-refractivity contribution in [3.05, 3.63) is 34.9 Å². The monoisotopic (exact) mass is 267 g/mol. The summed E-state index contributed by atoms with van der Waals surface area (Å²) in [5.41, 5.74) is 1.07. The van der Waals surface area contributed by atoms with E-state index in [1.807, 2.05) is 24.3 Å². The van der Waals surface area contributed by atoms with Gasteiger partial charge in [-0.3, -0.25) is 4.79 Å². The minimum absolute atomic E-state index is 0.192.